The summed E-state index contributed by atoms with van der Waals surface area (Å²) >= 11 is 5.91. The van der Waals surface area contributed by atoms with E-state index in [-0.39, 0.29) is 11.2 Å². The minimum absolute atomic E-state index is 0.192. The molecule has 1 fully saturated rings. The van der Waals surface area contributed by atoms with Gasteiger partial charge in [-0.3, -0.25) is 4.79 Å². The average molecular weight is 228 g/mol. The molecule has 76 valence electrons. The number of likely N-dealkylation sites (tertiary alicyclic amines) is 1. The molecule has 0 spiro atoms. The van der Waals surface area contributed by atoms with Crippen molar-refractivity contribution in [2.75, 3.05) is 6.54 Å². The Labute approximate surface area is 92.6 Å². The summed E-state index contributed by atoms with van der Waals surface area (Å²) in [6.07, 6.45) is 0.563. The summed E-state index contributed by atoms with van der Waals surface area (Å²) in [5.41, 5.74) is 1.03. The minimum Gasteiger partial charge on any atom is -0.335 e. The number of rotatable bonds is 2. The quantitative estimate of drug-likeness (QED) is 0.778. The lowest BCUT2D eigenvalue weighted by molar-refractivity contribution is -0.128. The van der Waals surface area contributed by atoms with E-state index >= 15 is 0 Å². The van der Waals surface area contributed by atoms with E-state index in [0.29, 0.717) is 13.0 Å². The molecule has 0 aromatic carbocycles. The van der Waals surface area contributed by atoms with Crippen molar-refractivity contribution in [1.29, 1.82) is 0 Å². The maximum Gasteiger partial charge on any atom is 0.224 e. The van der Waals surface area contributed by atoms with Gasteiger partial charge in [0, 0.05) is 29.3 Å². The summed E-state index contributed by atoms with van der Waals surface area (Å²) in [5, 5.41) is 3.22. The highest BCUT2D eigenvalue weighted by Crippen LogP contribution is 2.19. The van der Waals surface area contributed by atoms with Gasteiger partial charge in [0.1, 0.15) is 5.01 Å². The number of carbonyl (C=O) groups is 1. The zero-order valence-electron chi connectivity index (χ0n) is 7.93. The number of hydrogen-bond acceptors (Lipinski definition) is 4. The largest absolute Gasteiger partial charge is 0.335 e. The van der Waals surface area contributed by atoms with Gasteiger partial charge < -0.3 is 4.90 Å². The van der Waals surface area contributed by atoms with Gasteiger partial charge in [-0.2, -0.15) is 12.6 Å². The third kappa shape index (κ3) is 2.09. The SMILES string of the molecule is Cc1csc(CN2CC(S)CC2=O)n1. The number of aromatic nitrogens is 1. The van der Waals surface area contributed by atoms with Gasteiger partial charge in [0.25, 0.3) is 0 Å². The third-order valence-corrected chi connectivity index (χ3v) is 3.48. The van der Waals surface area contributed by atoms with E-state index in [4.69, 9.17) is 0 Å². The van der Waals surface area contributed by atoms with Crippen LogP contribution in [0.4, 0.5) is 0 Å². The average Bonchev–Trinajstić information content (AvgIpc) is 2.61. The van der Waals surface area contributed by atoms with Crippen molar-refractivity contribution < 1.29 is 4.79 Å². The second kappa shape index (κ2) is 3.90. The van der Waals surface area contributed by atoms with Gasteiger partial charge >= 0.3 is 0 Å². The van der Waals surface area contributed by atoms with Crippen LogP contribution in [-0.4, -0.2) is 27.6 Å². The van der Waals surface area contributed by atoms with Crippen molar-refractivity contribution in [2.24, 2.45) is 0 Å². The highest BCUT2D eigenvalue weighted by molar-refractivity contribution is 7.81. The number of thiol groups is 1. The number of hydrogen-bond donors (Lipinski definition) is 1. The molecule has 1 aliphatic rings. The first-order valence-electron chi connectivity index (χ1n) is 4.52. The van der Waals surface area contributed by atoms with E-state index in [1.807, 2.05) is 17.2 Å². The van der Waals surface area contributed by atoms with Crippen LogP contribution in [0.2, 0.25) is 0 Å². The molecular weight excluding hydrogens is 216 g/mol. The molecular formula is C9H12N2OS2. The van der Waals surface area contributed by atoms with Crippen LogP contribution in [0, 0.1) is 6.92 Å². The summed E-state index contributed by atoms with van der Waals surface area (Å²) in [7, 11) is 0. The van der Waals surface area contributed by atoms with Crippen molar-refractivity contribution in [3.63, 3.8) is 0 Å². The standard InChI is InChI=1S/C9H12N2OS2/c1-6-5-14-8(10-6)4-11-3-7(13)2-9(11)12/h5,7,13H,2-4H2,1H3. The summed E-state index contributed by atoms with van der Waals surface area (Å²) in [6, 6.07) is 0. The van der Waals surface area contributed by atoms with Crippen LogP contribution in [0.15, 0.2) is 5.38 Å². The number of thiazole rings is 1. The molecule has 3 nitrogen and oxygen atoms in total. The fourth-order valence-electron chi connectivity index (χ4n) is 1.54. The van der Waals surface area contributed by atoms with Crippen LogP contribution < -0.4 is 0 Å². The number of nitrogens with zero attached hydrogens (tertiary/aromatic N) is 2. The molecule has 14 heavy (non-hydrogen) atoms. The molecule has 1 aromatic heterocycles. The van der Waals surface area contributed by atoms with Gasteiger partial charge in [0.2, 0.25) is 5.91 Å². The molecule has 0 aliphatic carbocycles. The van der Waals surface area contributed by atoms with E-state index in [1.165, 1.54) is 0 Å². The Hall–Kier alpha value is -0.550. The molecule has 1 saturated heterocycles. The molecule has 0 radical (unpaired) electrons. The lowest BCUT2D eigenvalue weighted by Crippen LogP contribution is -2.24. The van der Waals surface area contributed by atoms with Crippen LogP contribution in [0.5, 0.6) is 0 Å². The molecule has 1 unspecified atom stereocenters. The first-order valence-corrected chi connectivity index (χ1v) is 5.91. The Bertz CT molecular complexity index is 350. The topological polar surface area (TPSA) is 33.2 Å². The van der Waals surface area contributed by atoms with Crippen LogP contribution in [0.25, 0.3) is 0 Å². The third-order valence-electron chi connectivity index (χ3n) is 2.19. The number of carbonyl (C=O) groups excluding carboxylic acids is 1. The second-order valence-electron chi connectivity index (χ2n) is 3.51. The summed E-state index contributed by atoms with van der Waals surface area (Å²) < 4.78 is 0. The zero-order valence-corrected chi connectivity index (χ0v) is 9.65. The number of amides is 1. The van der Waals surface area contributed by atoms with Gasteiger partial charge in [-0.05, 0) is 6.92 Å². The predicted molar refractivity (Wildman–Crippen MR) is 59.7 cm³/mol. The molecule has 2 rings (SSSR count). The molecule has 1 amide bonds. The first-order chi connectivity index (χ1) is 6.65. The van der Waals surface area contributed by atoms with E-state index in [0.717, 1.165) is 17.2 Å². The van der Waals surface area contributed by atoms with Crippen LogP contribution in [0.1, 0.15) is 17.1 Å². The molecule has 0 bridgehead atoms. The van der Waals surface area contributed by atoms with Crippen LogP contribution in [-0.2, 0) is 11.3 Å². The first kappa shape index (κ1) is 9.98. The Morgan fingerprint density at radius 1 is 1.79 bits per heavy atom. The van der Waals surface area contributed by atoms with Crippen molar-refractivity contribution in [3.05, 3.63) is 16.1 Å². The molecule has 1 atom stereocenters. The number of aryl methyl sites for hydroxylation is 1. The Morgan fingerprint density at radius 2 is 2.57 bits per heavy atom. The fraction of sp³-hybridized carbons (Fsp3) is 0.556. The fourth-order valence-corrected chi connectivity index (χ4v) is 2.68. The summed E-state index contributed by atoms with van der Waals surface area (Å²) in [6.45, 7) is 3.36. The van der Waals surface area contributed by atoms with Gasteiger partial charge in [0.05, 0.1) is 6.54 Å². The van der Waals surface area contributed by atoms with Gasteiger partial charge in [0.15, 0.2) is 0 Å². The molecule has 0 saturated carbocycles. The van der Waals surface area contributed by atoms with Crippen molar-refractivity contribution >= 4 is 29.9 Å². The van der Waals surface area contributed by atoms with Crippen LogP contribution >= 0.6 is 24.0 Å². The maximum atomic E-state index is 11.4. The minimum atomic E-state index is 0.192. The van der Waals surface area contributed by atoms with Crippen LogP contribution in [0.3, 0.4) is 0 Å². The molecule has 2 heterocycles. The van der Waals surface area contributed by atoms with Gasteiger partial charge in [-0.1, -0.05) is 0 Å². The van der Waals surface area contributed by atoms with Crippen molar-refractivity contribution in [1.82, 2.24) is 9.88 Å². The van der Waals surface area contributed by atoms with Gasteiger partial charge in [-0.25, -0.2) is 4.98 Å². The van der Waals surface area contributed by atoms with E-state index in [9.17, 15) is 4.79 Å². The van der Waals surface area contributed by atoms with Crippen molar-refractivity contribution in [3.8, 4) is 0 Å². The highest BCUT2D eigenvalue weighted by Gasteiger charge is 2.27. The smallest absolute Gasteiger partial charge is 0.224 e. The van der Waals surface area contributed by atoms with E-state index in [2.05, 4.69) is 17.6 Å². The Balaban J connectivity index is 2.01. The Morgan fingerprint density at radius 3 is 3.07 bits per heavy atom. The zero-order chi connectivity index (χ0) is 10.1. The maximum absolute atomic E-state index is 11.4. The Kier molecular flexibility index (Phi) is 2.78. The lowest BCUT2D eigenvalue weighted by Gasteiger charge is -2.13. The predicted octanol–water partition coefficient (Wildman–Crippen LogP) is 1.48. The molecule has 5 heteroatoms. The summed E-state index contributed by atoms with van der Waals surface area (Å²) in [5.74, 6) is 0.192. The summed E-state index contributed by atoms with van der Waals surface area (Å²) in [4.78, 5) is 17.6. The second-order valence-corrected chi connectivity index (χ2v) is 5.19. The highest BCUT2D eigenvalue weighted by atomic mass is 32.1. The molecule has 0 N–H and O–H groups in total. The van der Waals surface area contributed by atoms with Gasteiger partial charge in [-0.15, -0.1) is 11.3 Å². The molecule has 1 aromatic rings. The molecule has 1 aliphatic heterocycles. The lowest BCUT2D eigenvalue weighted by atomic mass is 10.4. The normalized spacial score (nSPS) is 22.0. The van der Waals surface area contributed by atoms with Crippen molar-refractivity contribution in [2.45, 2.75) is 25.1 Å². The van der Waals surface area contributed by atoms with E-state index < -0.39 is 0 Å². The van der Waals surface area contributed by atoms with E-state index in [1.54, 1.807) is 11.3 Å². The monoisotopic (exact) mass is 228 g/mol.